The van der Waals surface area contributed by atoms with Crippen molar-refractivity contribution in [2.45, 2.75) is 37.8 Å². The van der Waals surface area contributed by atoms with Gasteiger partial charge >= 0.3 is 0 Å². The lowest BCUT2D eigenvalue weighted by Gasteiger charge is -2.31. The van der Waals surface area contributed by atoms with Crippen LogP contribution < -0.4 is 19.7 Å². The standard InChI is InChI=1S/C24H30N6O4S/c1-35(31,32)29-19-13-21-22(26-16-19)14-23(30-9-11-33-12-10-30)28-24(21)34-20-6-4-17(5-7-20)27-18-3-2-8-25-15-18/h2-3,8,13-17,20,27,29H,4-7,9-12H2,1H3. The van der Waals surface area contributed by atoms with Gasteiger partial charge in [-0.2, -0.15) is 4.98 Å². The summed E-state index contributed by atoms with van der Waals surface area (Å²) in [7, 11) is -3.43. The van der Waals surface area contributed by atoms with Gasteiger partial charge in [-0.25, -0.2) is 8.42 Å². The average molecular weight is 499 g/mol. The van der Waals surface area contributed by atoms with Crippen molar-refractivity contribution in [2.75, 3.05) is 47.5 Å². The lowest BCUT2D eigenvalue weighted by molar-refractivity contribution is 0.122. The van der Waals surface area contributed by atoms with Gasteiger partial charge in [0.1, 0.15) is 11.9 Å². The Morgan fingerprint density at radius 1 is 1.09 bits per heavy atom. The molecule has 3 aromatic rings. The fourth-order valence-electron chi connectivity index (χ4n) is 4.56. The normalized spacial score (nSPS) is 21.0. The monoisotopic (exact) mass is 498 g/mol. The Hall–Kier alpha value is -3.18. The van der Waals surface area contributed by atoms with E-state index >= 15 is 0 Å². The fraction of sp³-hybridized carbons (Fsp3) is 0.458. The summed E-state index contributed by atoms with van der Waals surface area (Å²) < 4.78 is 37.9. The molecule has 1 saturated carbocycles. The molecule has 2 N–H and O–H groups in total. The van der Waals surface area contributed by atoms with E-state index in [1.807, 2.05) is 24.4 Å². The molecule has 0 unspecified atom stereocenters. The molecule has 1 aliphatic carbocycles. The van der Waals surface area contributed by atoms with Crippen molar-refractivity contribution in [3.8, 4) is 5.88 Å². The molecular formula is C24H30N6O4S. The van der Waals surface area contributed by atoms with Gasteiger partial charge in [0.05, 0.1) is 47.9 Å². The molecule has 5 rings (SSSR count). The number of nitrogens with one attached hydrogen (secondary N) is 2. The lowest BCUT2D eigenvalue weighted by atomic mass is 9.93. The molecule has 0 bridgehead atoms. The molecule has 0 radical (unpaired) electrons. The predicted molar refractivity (Wildman–Crippen MR) is 136 cm³/mol. The second-order valence-electron chi connectivity index (χ2n) is 9.03. The highest BCUT2D eigenvalue weighted by atomic mass is 32.2. The molecule has 0 amide bonds. The van der Waals surface area contributed by atoms with E-state index in [1.54, 1.807) is 12.3 Å². The van der Waals surface area contributed by atoms with Crippen molar-refractivity contribution in [3.05, 3.63) is 42.9 Å². The van der Waals surface area contributed by atoms with Gasteiger partial charge in [-0.1, -0.05) is 0 Å². The van der Waals surface area contributed by atoms with Crippen LogP contribution in [0.5, 0.6) is 5.88 Å². The minimum absolute atomic E-state index is 0.0177. The molecule has 0 atom stereocenters. The Morgan fingerprint density at radius 3 is 2.60 bits per heavy atom. The topological polar surface area (TPSA) is 119 Å². The maximum absolute atomic E-state index is 11.7. The molecule has 186 valence electrons. The summed E-state index contributed by atoms with van der Waals surface area (Å²) in [6.07, 6.45) is 9.98. The van der Waals surface area contributed by atoms with Crippen LogP contribution in [0.2, 0.25) is 0 Å². The van der Waals surface area contributed by atoms with Gasteiger partial charge < -0.3 is 19.7 Å². The summed E-state index contributed by atoms with van der Waals surface area (Å²) in [5.41, 5.74) is 2.12. The van der Waals surface area contributed by atoms with E-state index in [1.165, 1.54) is 6.20 Å². The SMILES string of the molecule is CS(=O)(=O)Nc1cnc2cc(N3CCOCC3)nc(OC3CCC(Nc4cccnc4)CC3)c2c1. The van der Waals surface area contributed by atoms with E-state index in [9.17, 15) is 8.42 Å². The Kier molecular flexibility index (Phi) is 6.87. The largest absolute Gasteiger partial charge is 0.474 e. The number of anilines is 3. The van der Waals surface area contributed by atoms with Crippen molar-refractivity contribution in [2.24, 2.45) is 0 Å². The van der Waals surface area contributed by atoms with Crippen LogP contribution >= 0.6 is 0 Å². The van der Waals surface area contributed by atoms with Crippen molar-refractivity contribution in [1.82, 2.24) is 15.0 Å². The average Bonchev–Trinajstić information content (AvgIpc) is 2.85. The third-order valence-electron chi connectivity index (χ3n) is 6.25. The zero-order chi connectivity index (χ0) is 24.3. The van der Waals surface area contributed by atoms with Crippen LogP contribution in [0, 0.1) is 0 Å². The van der Waals surface area contributed by atoms with Crippen molar-refractivity contribution >= 4 is 38.1 Å². The van der Waals surface area contributed by atoms with Crippen LogP contribution in [0.15, 0.2) is 42.9 Å². The highest BCUT2D eigenvalue weighted by molar-refractivity contribution is 7.92. The zero-order valence-electron chi connectivity index (χ0n) is 19.7. The molecule has 10 nitrogen and oxygen atoms in total. The number of nitrogens with zero attached hydrogens (tertiary/aromatic N) is 4. The van der Waals surface area contributed by atoms with Gasteiger partial charge in [-0.3, -0.25) is 14.7 Å². The fourth-order valence-corrected chi connectivity index (χ4v) is 5.10. The van der Waals surface area contributed by atoms with E-state index < -0.39 is 10.0 Å². The Bertz CT molecular complexity index is 1260. The summed E-state index contributed by atoms with van der Waals surface area (Å²) in [6, 6.07) is 7.99. The number of pyridine rings is 3. The van der Waals surface area contributed by atoms with Gasteiger partial charge in [0, 0.05) is 37.6 Å². The zero-order valence-corrected chi connectivity index (χ0v) is 20.5. The van der Waals surface area contributed by atoms with Gasteiger partial charge in [-0.05, 0) is 43.9 Å². The van der Waals surface area contributed by atoms with Crippen LogP contribution in [-0.4, -0.2) is 68.1 Å². The molecule has 0 aromatic carbocycles. The summed E-state index contributed by atoms with van der Waals surface area (Å²) in [5, 5.41) is 4.24. The number of sulfonamides is 1. The molecule has 2 fully saturated rings. The van der Waals surface area contributed by atoms with Crippen LogP contribution in [0.25, 0.3) is 10.9 Å². The van der Waals surface area contributed by atoms with Crippen LogP contribution in [0.3, 0.4) is 0 Å². The summed E-state index contributed by atoms with van der Waals surface area (Å²) in [4.78, 5) is 15.7. The van der Waals surface area contributed by atoms with E-state index in [0.29, 0.717) is 41.7 Å². The number of ether oxygens (including phenoxy) is 2. The van der Waals surface area contributed by atoms with E-state index in [2.05, 4.69) is 24.9 Å². The van der Waals surface area contributed by atoms with Gasteiger partial charge in [0.2, 0.25) is 15.9 Å². The van der Waals surface area contributed by atoms with Crippen LogP contribution in [0.1, 0.15) is 25.7 Å². The molecule has 2 aliphatic rings. The molecule has 35 heavy (non-hydrogen) atoms. The molecule has 4 heterocycles. The maximum atomic E-state index is 11.7. The minimum atomic E-state index is -3.43. The number of rotatable bonds is 7. The molecule has 0 spiro atoms. The first-order valence-corrected chi connectivity index (χ1v) is 13.8. The molecule has 1 saturated heterocycles. The second-order valence-corrected chi connectivity index (χ2v) is 10.8. The van der Waals surface area contributed by atoms with Crippen molar-refractivity contribution in [3.63, 3.8) is 0 Å². The Labute approximate surface area is 205 Å². The molecule has 3 aromatic heterocycles. The summed E-state index contributed by atoms with van der Waals surface area (Å²) in [6.45, 7) is 2.79. The Balaban J connectivity index is 1.37. The summed E-state index contributed by atoms with van der Waals surface area (Å²) >= 11 is 0. The highest BCUT2D eigenvalue weighted by Crippen LogP contribution is 2.33. The third kappa shape index (κ3) is 6.09. The second kappa shape index (κ2) is 10.2. The van der Waals surface area contributed by atoms with Crippen molar-refractivity contribution < 1.29 is 17.9 Å². The first-order chi connectivity index (χ1) is 16.9. The van der Waals surface area contributed by atoms with Crippen LogP contribution in [-0.2, 0) is 14.8 Å². The first-order valence-electron chi connectivity index (χ1n) is 11.9. The van der Waals surface area contributed by atoms with Gasteiger partial charge in [0.25, 0.3) is 0 Å². The number of aromatic nitrogens is 3. The Morgan fingerprint density at radius 2 is 1.89 bits per heavy atom. The van der Waals surface area contributed by atoms with E-state index in [-0.39, 0.29) is 6.10 Å². The quantitative estimate of drug-likeness (QED) is 0.507. The number of fused-ring (bicyclic) bond motifs is 1. The number of hydrogen-bond donors (Lipinski definition) is 2. The molecule has 1 aliphatic heterocycles. The van der Waals surface area contributed by atoms with Gasteiger partial charge in [-0.15, -0.1) is 0 Å². The number of morpholine rings is 1. The highest BCUT2D eigenvalue weighted by Gasteiger charge is 2.25. The number of hydrogen-bond acceptors (Lipinski definition) is 9. The van der Waals surface area contributed by atoms with E-state index in [4.69, 9.17) is 14.5 Å². The van der Waals surface area contributed by atoms with Crippen LogP contribution in [0.4, 0.5) is 17.2 Å². The van der Waals surface area contributed by atoms with E-state index in [0.717, 1.165) is 56.5 Å². The minimum Gasteiger partial charge on any atom is -0.474 e. The molecular weight excluding hydrogens is 468 g/mol. The predicted octanol–water partition coefficient (Wildman–Crippen LogP) is 3.04. The van der Waals surface area contributed by atoms with Gasteiger partial charge in [0.15, 0.2) is 0 Å². The van der Waals surface area contributed by atoms with Crippen molar-refractivity contribution in [1.29, 1.82) is 0 Å². The maximum Gasteiger partial charge on any atom is 0.229 e. The first kappa shape index (κ1) is 23.6. The molecule has 11 heteroatoms. The smallest absolute Gasteiger partial charge is 0.229 e. The lowest BCUT2D eigenvalue weighted by Crippen LogP contribution is -2.37. The summed E-state index contributed by atoms with van der Waals surface area (Å²) in [5.74, 6) is 1.27. The third-order valence-corrected chi connectivity index (χ3v) is 6.86.